The van der Waals surface area contributed by atoms with Crippen molar-refractivity contribution < 1.29 is 13.9 Å². The van der Waals surface area contributed by atoms with Gasteiger partial charge in [-0.25, -0.2) is 4.98 Å². The summed E-state index contributed by atoms with van der Waals surface area (Å²) in [6, 6.07) is 8.75. The molecule has 130 valence electrons. The molecule has 1 amide bonds. The Hall–Kier alpha value is -2.14. The van der Waals surface area contributed by atoms with Gasteiger partial charge in [-0.1, -0.05) is 24.3 Å². The molecule has 5 heteroatoms. The number of carbonyl (C=O) groups is 1. The fourth-order valence-electron chi connectivity index (χ4n) is 4.74. The van der Waals surface area contributed by atoms with Crippen LogP contribution >= 0.6 is 0 Å². The van der Waals surface area contributed by atoms with Gasteiger partial charge in [0, 0.05) is 18.6 Å². The van der Waals surface area contributed by atoms with Crippen molar-refractivity contribution in [1.82, 2.24) is 10.3 Å². The molecule has 0 radical (unpaired) electrons. The first-order valence-electron chi connectivity index (χ1n) is 9.19. The van der Waals surface area contributed by atoms with Gasteiger partial charge in [0.1, 0.15) is 6.10 Å². The van der Waals surface area contributed by atoms with Crippen LogP contribution in [-0.2, 0) is 16.6 Å². The molecule has 1 saturated carbocycles. The minimum absolute atomic E-state index is 0.128. The van der Waals surface area contributed by atoms with Crippen LogP contribution in [0.15, 0.2) is 35.1 Å². The van der Waals surface area contributed by atoms with Crippen LogP contribution in [0.25, 0.3) is 0 Å². The Labute approximate surface area is 146 Å². The van der Waals surface area contributed by atoms with Crippen LogP contribution in [0.5, 0.6) is 0 Å². The summed E-state index contributed by atoms with van der Waals surface area (Å²) in [5.74, 6) is 0.956. The van der Waals surface area contributed by atoms with Crippen LogP contribution < -0.4 is 5.32 Å². The third-order valence-electron chi connectivity index (χ3n) is 6.17. The predicted molar refractivity (Wildman–Crippen MR) is 91.3 cm³/mol. The second kappa shape index (κ2) is 5.70. The lowest BCUT2D eigenvalue weighted by Crippen LogP contribution is -2.28. The zero-order valence-corrected chi connectivity index (χ0v) is 14.2. The number of fused-ring (bicyclic) bond motifs is 2. The second-order valence-corrected chi connectivity index (χ2v) is 7.49. The molecule has 1 aromatic carbocycles. The third kappa shape index (κ3) is 2.41. The number of ether oxygens (including phenoxy) is 1. The van der Waals surface area contributed by atoms with Crippen molar-refractivity contribution in [2.45, 2.75) is 43.6 Å². The zero-order valence-electron chi connectivity index (χ0n) is 14.2. The molecular formula is C20H22N2O3. The van der Waals surface area contributed by atoms with Crippen LogP contribution in [0.4, 0.5) is 0 Å². The van der Waals surface area contributed by atoms with Gasteiger partial charge in [-0.2, -0.15) is 0 Å². The Bertz CT molecular complexity index is 809. The lowest BCUT2D eigenvalue weighted by Gasteiger charge is -2.12. The highest BCUT2D eigenvalue weighted by Crippen LogP contribution is 2.61. The number of nitrogens with one attached hydrogen (secondary N) is 1. The van der Waals surface area contributed by atoms with Gasteiger partial charge in [0.05, 0.1) is 0 Å². The minimum Gasteiger partial charge on any atom is -0.445 e. The van der Waals surface area contributed by atoms with E-state index in [1.54, 1.807) is 0 Å². The molecule has 2 fully saturated rings. The van der Waals surface area contributed by atoms with Crippen molar-refractivity contribution in [2.75, 3.05) is 13.2 Å². The summed E-state index contributed by atoms with van der Waals surface area (Å²) in [7, 11) is 0. The zero-order chi connectivity index (χ0) is 16.9. The third-order valence-corrected chi connectivity index (χ3v) is 6.17. The topological polar surface area (TPSA) is 64.4 Å². The Morgan fingerprint density at radius 3 is 3.16 bits per heavy atom. The van der Waals surface area contributed by atoms with E-state index in [-0.39, 0.29) is 12.0 Å². The van der Waals surface area contributed by atoms with Gasteiger partial charge in [-0.15, -0.1) is 0 Å². The monoisotopic (exact) mass is 338 g/mol. The Morgan fingerprint density at radius 2 is 2.28 bits per heavy atom. The van der Waals surface area contributed by atoms with Crippen molar-refractivity contribution in [3.63, 3.8) is 0 Å². The van der Waals surface area contributed by atoms with Crippen molar-refractivity contribution in [3.8, 4) is 0 Å². The summed E-state index contributed by atoms with van der Waals surface area (Å²) in [6.45, 7) is 1.42. The highest BCUT2D eigenvalue weighted by atomic mass is 16.5. The quantitative estimate of drug-likeness (QED) is 0.930. The van der Waals surface area contributed by atoms with E-state index >= 15 is 0 Å². The number of benzene rings is 1. The summed E-state index contributed by atoms with van der Waals surface area (Å²) in [5.41, 5.74) is 3.66. The molecule has 5 nitrogen and oxygen atoms in total. The normalized spacial score (nSPS) is 29.8. The van der Waals surface area contributed by atoms with Gasteiger partial charge < -0.3 is 14.5 Å². The van der Waals surface area contributed by atoms with Crippen LogP contribution in [0, 0.1) is 5.92 Å². The fraction of sp³-hybridized carbons (Fsp3) is 0.500. The molecule has 0 bridgehead atoms. The average Bonchev–Trinajstić information content (AvgIpc) is 3.08. The molecule has 1 spiro atoms. The number of carbonyl (C=O) groups excluding carboxylic acids is 1. The molecule has 3 atom stereocenters. The van der Waals surface area contributed by atoms with E-state index in [4.69, 9.17) is 9.15 Å². The molecule has 1 N–H and O–H groups in total. The van der Waals surface area contributed by atoms with E-state index < -0.39 is 0 Å². The Balaban J connectivity index is 1.25. The summed E-state index contributed by atoms with van der Waals surface area (Å²) in [4.78, 5) is 16.7. The molecule has 25 heavy (non-hydrogen) atoms. The van der Waals surface area contributed by atoms with Crippen molar-refractivity contribution in [1.29, 1.82) is 0 Å². The number of rotatable bonds is 4. The van der Waals surface area contributed by atoms with Crippen molar-refractivity contribution in [3.05, 3.63) is 53.2 Å². The molecule has 2 aromatic rings. The summed E-state index contributed by atoms with van der Waals surface area (Å²) in [6.07, 6.45) is 6.64. The van der Waals surface area contributed by atoms with Gasteiger partial charge >= 0.3 is 0 Å². The van der Waals surface area contributed by atoms with Crippen molar-refractivity contribution >= 4 is 5.91 Å². The standard InChI is InChI=1S/C20H22N2O3/c23-19(17-18(25-12-22-17)16-6-3-9-24-16)21-11-14-10-20(14)8-7-13-4-1-2-5-15(13)20/h1-2,4-5,12,14,16H,3,6-11H2,(H,21,23)/t14-,16-,20-/m0/s1. The lowest BCUT2D eigenvalue weighted by molar-refractivity contribution is 0.0860. The molecule has 0 unspecified atom stereocenters. The molecule has 1 aromatic heterocycles. The molecule has 1 saturated heterocycles. The van der Waals surface area contributed by atoms with Gasteiger partial charge in [0.25, 0.3) is 5.91 Å². The van der Waals surface area contributed by atoms with Crippen LogP contribution in [-0.4, -0.2) is 24.0 Å². The SMILES string of the molecule is O=C(NC[C@@H]1C[C@@]12CCc1ccccc12)c1ncoc1[C@@H]1CCCO1. The Kier molecular flexibility index (Phi) is 3.45. The van der Waals surface area contributed by atoms with Crippen LogP contribution in [0.2, 0.25) is 0 Å². The highest BCUT2D eigenvalue weighted by molar-refractivity contribution is 5.93. The van der Waals surface area contributed by atoms with Gasteiger partial charge in [-0.3, -0.25) is 4.79 Å². The molecule has 2 aliphatic carbocycles. The highest BCUT2D eigenvalue weighted by Gasteiger charge is 2.57. The minimum atomic E-state index is -0.146. The van der Waals surface area contributed by atoms with E-state index in [0.717, 1.165) is 25.9 Å². The summed E-state index contributed by atoms with van der Waals surface area (Å²) < 4.78 is 11.1. The number of aromatic nitrogens is 1. The molecular weight excluding hydrogens is 316 g/mol. The number of oxazole rings is 1. The number of nitrogens with zero attached hydrogens (tertiary/aromatic N) is 1. The number of aryl methyl sites for hydroxylation is 1. The summed E-state index contributed by atoms with van der Waals surface area (Å²) >= 11 is 0. The maximum Gasteiger partial charge on any atom is 0.273 e. The molecule has 1 aliphatic heterocycles. The maximum absolute atomic E-state index is 12.6. The largest absolute Gasteiger partial charge is 0.445 e. The first kappa shape index (κ1) is 15.1. The first-order chi connectivity index (χ1) is 12.3. The summed E-state index contributed by atoms with van der Waals surface area (Å²) in [5, 5.41) is 3.08. The maximum atomic E-state index is 12.6. The van der Waals surface area contributed by atoms with E-state index in [9.17, 15) is 4.79 Å². The first-order valence-corrected chi connectivity index (χ1v) is 9.19. The van der Waals surface area contributed by atoms with Gasteiger partial charge in [0.15, 0.2) is 17.8 Å². The molecule has 2 heterocycles. The fourth-order valence-corrected chi connectivity index (χ4v) is 4.74. The van der Waals surface area contributed by atoms with Crippen molar-refractivity contribution in [2.24, 2.45) is 5.92 Å². The number of amides is 1. The lowest BCUT2D eigenvalue weighted by atomic mass is 9.95. The second-order valence-electron chi connectivity index (χ2n) is 7.49. The van der Waals surface area contributed by atoms with E-state index in [2.05, 4.69) is 34.6 Å². The Morgan fingerprint density at radius 1 is 1.36 bits per heavy atom. The molecule has 3 aliphatic rings. The van der Waals surface area contributed by atoms with Gasteiger partial charge in [-0.05, 0) is 49.1 Å². The molecule has 5 rings (SSSR count). The number of hydrogen-bond acceptors (Lipinski definition) is 4. The average molecular weight is 338 g/mol. The predicted octanol–water partition coefficient (Wildman–Crippen LogP) is 3.16. The van der Waals surface area contributed by atoms with E-state index in [1.807, 2.05) is 0 Å². The van der Waals surface area contributed by atoms with Crippen LogP contribution in [0.1, 0.15) is 59.2 Å². The van der Waals surface area contributed by atoms with Gasteiger partial charge in [0.2, 0.25) is 0 Å². The smallest absolute Gasteiger partial charge is 0.273 e. The van der Waals surface area contributed by atoms with E-state index in [1.165, 1.54) is 30.4 Å². The number of hydrogen-bond donors (Lipinski definition) is 1. The van der Waals surface area contributed by atoms with Crippen LogP contribution in [0.3, 0.4) is 0 Å². The van der Waals surface area contributed by atoms with E-state index in [0.29, 0.717) is 29.3 Å².